The van der Waals surface area contributed by atoms with Crippen LogP contribution in [0.15, 0.2) is 24.3 Å². The van der Waals surface area contributed by atoms with E-state index < -0.39 is 12.1 Å². The maximum absolute atomic E-state index is 12.4. The fourth-order valence-corrected chi connectivity index (χ4v) is 7.86. The second-order valence-corrected chi connectivity index (χ2v) is 17.2. The SMILES string of the molecule is CCCCCCC/C=C\C/C=C\CCCCCCCCCCCCCCCCCCCCCCCCCC(=O)NC(CO)C(O)CCCCCCCCCC. The number of allylic oxidation sites excluding steroid dienone is 4. The normalized spacial score (nSPS) is 13.0. The van der Waals surface area contributed by atoms with Crippen molar-refractivity contribution in [1.29, 1.82) is 0 Å². The number of carbonyl (C=O) groups is 1. The molecule has 1 amide bonds. The van der Waals surface area contributed by atoms with Crippen molar-refractivity contribution in [2.24, 2.45) is 0 Å². The van der Waals surface area contributed by atoms with Gasteiger partial charge in [-0.2, -0.15) is 0 Å². The van der Waals surface area contributed by atoms with E-state index in [9.17, 15) is 15.0 Å². The van der Waals surface area contributed by atoms with Gasteiger partial charge in [0.15, 0.2) is 0 Å². The number of carbonyl (C=O) groups excluding carboxylic acids is 1. The van der Waals surface area contributed by atoms with Gasteiger partial charge in [-0.1, -0.05) is 250 Å². The summed E-state index contributed by atoms with van der Waals surface area (Å²) in [5.74, 6) is -0.0301. The maximum Gasteiger partial charge on any atom is 0.220 e. The van der Waals surface area contributed by atoms with Crippen molar-refractivity contribution in [2.45, 2.75) is 289 Å². The van der Waals surface area contributed by atoms with Gasteiger partial charge in [0.2, 0.25) is 5.91 Å². The summed E-state index contributed by atoms with van der Waals surface area (Å²) < 4.78 is 0. The third-order valence-electron chi connectivity index (χ3n) is 11.7. The molecule has 0 aromatic rings. The monoisotopic (exact) mass is 774 g/mol. The van der Waals surface area contributed by atoms with Crippen molar-refractivity contribution in [3.63, 3.8) is 0 Å². The van der Waals surface area contributed by atoms with Crippen LogP contribution in [-0.2, 0) is 4.79 Å². The number of amides is 1. The highest BCUT2D eigenvalue weighted by atomic mass is 16.3. The summed E-state index contributed by atoms with van der Waals surface area (Å²) in [6.45, 7) is 4.33. The van der Waals surface area contributed by atoms with Gasteiger partial charge in [-0.25, -0.2) is 0 Å². The highest BCUT2D eigenvalue weighted by molar-refractivity contribution is 5.76. The van der Waals surface area contributed by atoms with E-state index in [1.54, 1.807) is 0 Å². The largest absolute Gasteiger partial charge is 0.394 e. The lowest BCUT2D eigenvalue weighted by atomic mass is 10.0. The molecule has 0 fully saturated rings. The molecule has 0 saturated heterocycles. The summed E-state index contributed by atoms with van der Waals surface area (Å²) in [5, 5.41) is 23.0. The van der Waals surface area contributed by atoms with Crippen LogP contribution >= 0.6 is 0 Å². The molecule has 0 rings (SSSR count). The van der Waals surface area contributed by atoms with Gasteiger partial charge in [0, 0.05) is 6.42 Å². The molecule has 2 unspecified atom stereocenters. The van der Waals surface area contributed by atoms with Gasteiger partial charge in [0.25, 0.3) is 0 Å². The minimum absolute atomic E-state index is 0.0301. The van der Waals surface area contributed by atoms with Crippen molar-refractivity contribution in [3.8, 4) is 0 Å². The standard InChI is InChI=1S/C51H99NO3/c1-3-5-7-9-11-13-14-15-16-17-18-19-20-21-22-23-24-25-26-27-28-29-30-31-32-33-34-35-36-37-38-39-41-43-45-47-51(55)52-49(48-53)50(54)46-44-42-40-12-10-8-6-4-2/h14-15,17-18,49-50,53-54H,3-13,16,19-48H2,1-2H3,(H,52,55)/b15-14-,18-17-. The van der Waals surface area contributed by atoms with Crippen LogP contribution in [0.2, 0.25) is 0 Å². The second-order valence-electron chi connectivity index (χ2n) is 17.2. The first kappa shape index (κ1) is 53.9. The molecule has 326 valence electrons. The molecule has 4 nitrogen and oxygen atoms in total. The summed E-state index contributed by atoms with van der Waals surface area (Å²) in [4.78, 5) is 12.4. The zero-order valence-electron chi connectivity index (χ0n) is 37.5. The third kappa shape index (κ3) is 43.8. The fourth-order valence-electron chi connectivity index (χ4n) is 7.86. The molecule has 4 heteroatoms. The Kier molecular flexibility index (Phi) is 46.3. The van der Waals surface area contributed by atoms with E-state index >= 15 is 0 Å². The molecule has 0 heterocycles. The van der Waals surface area contributed by atoms with E-state index in [1.807, 2.05) is 0 Å². The summed E-state index contributed by atoms with van der Waals surface area (Å²) in [5.41, 5.74) is 0. The van der Waals surface area contributed by atoms with Crippen LogP contribution in [0.1, 0.15) is 277 Å². The lowest BCUT2D eigenvalue weighted by Gasteiger charge is -2.22. The van der Waals surface area contributed by atoms with Gasteiger partial charge in [-0.3, -0.25) is 4.79 Å². The Balaban J connectivity index is 3.33. The van der Waals surface area contributed by atoms with Gasteiger partial charge in [0.1, 0.15) is 0 Å². The lowest BCUT2D eigenvalue weighted by molar-refractivity contribution is -0.123. The predicted octanol–water partition coefficient (Wildman–Crippen LogP) is 16.0. The number of hydrogen-bond donors (Lipinski definition) is 3. The van der Waals surface area contributed by atoms with Gasteiger partial charge in [-0.05, 0) is 44.9 Å². The number of nitrogens with one attached hydrogen (secondary N) is 1. The highest BCUT2D eigenvalue weighted by Gasteiger charge is 2.20. The molecule has 0 aliphatic carbocycles. The van der Waals surface area contributed by atoms with Gasteiger partial charge in [0.05, 0.1) is 18.8 Å². The highest BCUT2D eigenvalue weighted by Crippen LogP contribution is 2.17. The van der Waals surface area contributed by atoms with Crippen molar-refractivity contribution >= 4 is 5.91 Å². The first-order chi connectivity index (χ1) is 27.2. The Hall–Kier alpha value is -1.13. The van der Waals surface area contributed by atoms with Gasteiger partial charge in [-0.15, -0.1) is 0 Å². The first-order valence-corrected chi connectivity index (χ1v) is 25.0. The number of rotatable bonds is 46. The number of aliphatic hydroxyl groups is 2. The van der Waals surface area contributed by atoms with E-state index in [0.29, 0.717) is 12.8 Å². The Bertz CT molecular complexity index is 795. The number of aliphatic hydroxyl groups excluding tert-OH is 2. The zero-order chi connectivity index (χ0) is 40.0. The molecule has 0 aromatic carbocycles. The quantitative estimate of drug-likeness (QED) is 0.0426. The average molecular weight is 774 g/mol. The number of unbranched alkanes of at least 4 members (excludes halogenated alkanes) is 35. The van der Waals surface area contributed by atoms with Gasteiger partial charge >= 0.3 is 0 Å². The van der Waals surface area contributed by atoms with E-state index in [1.165, 1.54) is 218 Å². The Morgan fingerprint density at radius 3 is 1.09 bits per heavy atom. The van der Waals surface area contributed by atoms with E-state index in [4.69, 9.17) is 0 Å². The van der Waals surface area contributed by atoms with E-state index in [-0.39, 0.29) is 12.5 Å². The number of hydrogen-bond acceptors (Lipinski definition) is 3. The molecule has 0 aromatic heterocycles. The minimum Gasteiger partial charge on any atom is -0.394 e. The third-order valence-corrected chi connectivity index (χ3v) is 11.7. The molecular formula is C51H99NO3. The van der Waals surface area contributed by atoms with Crippen LogP contribution in [0.4, 0.5) is 0 Å². The molecule has 0 bridgehead atoms. The molecule has 0 radical (unpaired) electrons. The van der Waals surface area contributed by atoms with Crippen LogP contribution in [0.3, 0.4) is 0 Å². The topological polar surface area (TPSA) is 69.6 Å². The molecule has 0 aliphatic rings. The fraction of sp³-hybridized carbons (Fsp3) is 0.902. The predicted molar refractivity (Wildman–Crippen MR) is 244 cm³/mol. The van der Waals surface area contributed by atoms with Gasteiger partial charge < -0.3 is 15.5 Å². The van der Waals surface area contributed by atoms with Crippen molar-refractivity contribution < 1.29 is 15.0 Å². The summed E-state index contributed by atoms with van der Waals surface area (Å²) in [6.07, 6.45) is 61.7. The minimum atomic E-state index is -0.653. The van der Waals surface area contributed by atoms with Crippen molar-refractivity contribution in [2.75, 3.05) is 6.61 Å². The zero-order valence-corrected chi connectivity index (χ0v) is 37.5. The second kappa shape index (κ2) is 47.2. The van der Waals surface area contributed by atoms with E-state index in [0.717, 1.165) is 32.1 Å². The maximum atomic E-state index is 12.4. The summed E-state index contributed by atoms with van der Waals surface area (Å²) in [6, 6.07) is -0.530. The van der Waals surface area contributed by atoms with Crippen LogP contribution in [0, 0.1) is 0 Å². The first-order valence-electron chi connectivity index (χ1n) is 25.0. The van der Waals surface area contributed by atoms with Crippen LogP contribution in [-0.4, -0.2) is 34.9 Å². The smallest absolute Gasteiger partial charge is 0.220 e. The molecule has 2 atom stereocenters. The molecule has 0 saturated carbocycles. The van der Waals surface area contributed by atoms with Crippen LogP contribution in [0.5, 0.6) is 0 Å². The Labute approximate surface area is 345 Å². The van der Waals surface area contributed by atoms with Crippen molar-refractivity contribution in [1.82, 2.24) is 5.32 Å². The van der Waals surface area contributed by atoms with Crippen LogP contribution in [0.25, 0.3) is 0 Å². The summed E-state index contributed by atoms with van der Waals surface area (Å²) in [7, 11) is 0. The lowest BCUT2D eigenvalue weighted by Crippen LogP contribution is -2.45. The molecule has 0 spiro atoms. The van der Waals surface area contributed by atoms with Crippen molar-refractivity contribution in [3.05, 3.63) is 24.3 Å². The molecular weight excluding hydrogens is 675 g/mol. The molecule has 3 N–H and O–H groups in total. The molecule has 0 aliphatic heterocycles. The summed E-state index contributed by atoms with van der Waals surface area (Å²) >= 11 is 0. The average Bonchev–Trinajstić information content (AvgIpc) is 3.19. The molecule has 55 heavy (non-hydrogen) atoms. The Morgan fingerprint density at radius 2 is 0.745 bits per heavy atom. The van der Waals surface area contributed by atoms with E-state index in [2.05, 4.69) is 43.5 Å². The Morgan fingerprint density at radius 1 is 0.436 bits per heavy atom. The van der Waals surface area contributed by atoms with Crippen LogP contribution < -0.4 is 5.32 Å².